The first kappa shape index (κ1) is 20.5. The highest BCUT2D eigenvalue weighted by Crippen LogP contribution is 2.14. The molecule has 0 fully saturated rings. The molecule has 0 aliphatic rings. The smallest absolute Gasteiger partial charge is 0.191 e. The molecule has 0 saturated carbocycles. The van der Waals surface area contributed by atoms with E-state index in [1.165, 1.54) is 5.56 Å². The standard InChI is InChI=1S/C19H34N4O/c1-5-20-19(21-12-14-23(3)13-9-15-24-4)22-16-17(2)18-10-7-6-8-11-18/h6-8,10-11,17H,5,9,12-16H2,1-4H3,(H2,20,21,22). The molecule has 0 radical (unpaired) electrons. The lowest BCUT2D eigenvalue weighted by Crippen LogP contribution is -2.41. The maximum absolute atomic E-state index is 5.09. The van der Waals surface area contributed by atoms with Gasteiger partial charge in [-0.15, -0.1) is 0 Å². The number of guanidine groups is 1. The van der Waals surface area contributed by atoms with E-state index in [9.17, 15) is 0 Å². The molecule has 0 aliphatic carbocycles. The first-order valence-corrected chi connectivity index (χ1v) is 8.92. The predicted molar refractivity (Wildman–Crippen MR) is 103 cm³/mol. The van der Waals surface area contributed by atoms with E-state index < -0.39 is 0 Å². The number of methoxy groups -OCH3 is 1. The molecule has 0 spiro atoms. The number of hydrogen-bond donors (Lipinski definition) is 2. The van der Waals surface area contributed by atoms with Crippen molar-refractivity contribution < 1.29 is 4.74 Å². The molecule has 1 rings (SSSR count). The van der Waals surface area contributed by atoms with Crippen molar-refractivity contribution in [3.8, 4) is 0 Å². The van der Waals surface area contributed by atoms with Crippen molar-refractivity contribution >= 4 is 5.96 Å². The fraction of sp³-hybridized carbons (Fsp3) is 0.632. The fourth-order valence-corrected chi connectivity index (χ4v) is 2.41. The minimum Gasteiger partial charge on any atom is -0.385 e. The van der Waals surface area contributed by atoms with E-state index in [-0.39, 0.29) is 0 Å². The molecule has 0 aliphatic heterocycles. The number of aliphatic imine (C=N–C) groups is 1. The SMILES string of the molecule is CCNC(=NCC(C)c1ccccc1)NCCN(C)CCCOC. The maximum atomic E-state index is 5.09. The average Bonchev–Trinajstić information content (AvgIpc) is 2.60. The summed E-state index contributed by atoms with van der Waals surface area (Å²) in [7, 11) is 3.88. The molecule has 0 bridgehead atoms. The Balaban J connectivity index is 2.37. The zero-order valence-electron chi connectivity index (χ0n) is 15.7. The van der Waals surface area contributed by atoms with Crippen LogP contribution in [0.2, 0.25) is 0 Å². The summed E-state index contributed by atoms with van der Waals surface area (Å²) in [5.41, 5.74) is 1.33. The zero-order chi connectivity index (χ0) is 17.6. The Hall–Kier alpha value is -1.59. The van der Waals surface area contributed by atoms with Crippen molar-refractivity contribution in [2.75, 3.05) is 53.5 Å². The van der Waals surface area contributed by atoms with E-state index in [1.54, 1.807) is 7.11 Å². The molecular formula is C19H34N4O. The van der Waals surface area contributed by atoms with Gasteiger partial charge in [-0.3, -0.25) is 4.99 Å². The largest absolute Gasteiger partial charge is 0.385 e. The lowest BCUT2D eigenvalue weighted by Gasteiger charge is -2.18. The van der Waals surface area contributed by atoms with Gasteiger partial charge in [0.15, 0.2) is 5.96 Å². The number of ether oxygens (including phenoxy) is 1. The second kappa shape index (κ2) is 12.8. The summed E-state index contributed by atoms with van der Waals surface area (Å²) in [6, 6.07) is 10.5. The molecule has 1 unspecified atom stereocenters. The Kier molecular flexibility index (Phi) is 10.9. The Bertz CT molecular complexity index is 450. The van der Waals surface area contributed by atoms with Gasteiger partial charge in [-0.25, -0.2) is 0 Å². The van der Waals surface area contributed by atoms with E-state index in [0.29, 0.717) is 5.92 Å². The minimum absolute atomic E-state index is 0.415. The van der Waals surface area contributed by atoms with Gasteiger partial charge in [0.25, 0.3) is 0 Å². The van der Waals surface area contributed by atoms with Crippen LogP contribution >= 0.6 is 0 Å². The number of nitrogens with zero attached hydrogens (tertiary/aromatic N) is 2. The van der Waals surface area contributed by atoms with Crippen LogP contribution in [-0.2, 0) is 4.74 Å². The van der Waals surface area contributed by atoms with Gasteiger partial charge in [0.05, 0.1) is 0 Å². The molecule has 1 aromatic carbocycles. The van der Waals surface area contributed by atoms with E-state index in [1.807, 2.05) is 6.07 Å². The molecular weight excluding hydrogens is 300 g/mol. The first-order chi connectivity index (χ1) is 11.7. The van der Waals surface area contributed by atoms with Gasteiger partial charge < -0.3 is 20.3 Å². The van der Waals surface area contributed by atoms with E-state index in [2.05, 4.69) is 60.7 Å². The number of nitrogens with one attached hydrogen (secondary N) is 2. The molecule has 136 valence electrons. The number of rotatable bonds is 11. The minimum atomic E-state index is 0.415. The third kappa shape index (κ3) is 8.89. The predicted octanol–water partition coefficient (Wildman–Crippen LogP) is 2.31. The first-order valence-electron chi connectivity index (χ1n) is 8.92. The summed E-state index contributed by atoms with van der Waals surface area (Å²) in [6.45, 7) is 9.70. The molecule has 0 heterocycles. The van der Waals surface area contributed by atoms with E-state index in [4.69, 9.17) is 9.73 Å². The molecule has 0 amide bonds. The Morgan fingerprint density at radius 3 is 2.62 bits per heavy atom. The second-order valence-electron chi connectivity index (χ2n) is 6.11. The molecule has 0 aromatic heterocycles. The molecule has 1 atom stereocenters. The van der Waals surface area contributed by atoms with Crippen LogP contribution in [0.25, 0.3) is 0 Å². The normalized spacial score (nSPS) is 13.1. The van der Waals surface area contributed by atoms with Crippen molar-refractivity contribution in [1.82, 2.24) is 15.5 Å². The molecule has 0 saturated heterocycles. The van der Waals surface area contributed by atoms with Gasteiger partial charge in [-0.05, 0) is 26.0 Å². The van der Waals surface area contributed by atoms with E-state index >= 15 is 0 Å². The zero-order valence-corrected chi connectivity index (χ0v) is 15.7. The van der Waals surface area contributed by atoms with Crippen molar-refractivity contribution in [3.05, 3.63) is 35.9 Å². The summed E-state index contributed by atoms with van der Waals surface area (Å²) in [4.78, 5) is 7.03. The van der Waals surface area contributed by atoms with Gasteiger partial charge >= 0.3 is 0 Å². The monoisotopic (exact) mass is 334 g/mol. The Labute approximate surface area is 147 Å². The highest BCUT2D eigenvalue weighted by atomic mass is 16.5. The van der Waals surface area contributed by atoms with Crippen LogP contribution in [0.1, 0.15) is 31.7 Å². The van der Waals surface area contributed by atoms with Gasteiger partial charge in [0, 0.05) is 52.4 Å². The lowest BCUT2D eigenvalue weighted by atomic mass is 10.0. The van der Waals surface area contributed by atoms with Crippen LogP contribution in [0.5, 0.6) is 0 Å². The number of hydrogen-bond acceptors (Lipinski definition) is 3. The summed E-state index contributed by atoms with van der Waals surface area (Å²) in [5, 5.41) is 6.73. The Morgan fingerprint density at radius 2 is 1.96 bits per heavy atom. The molecule has 5 heteroatoms. The quantitative estimate of drug-likeness (QED) is 0.370. The molecule has 24 heavy (non-hydrogen) atoms. The summed E-state index contributed by atoms with van der Waals surface area (Å²) < 4.78 is 5.09. The van der Waals surface area contributed by atoms with Crippen molar-refractivity contribution in [1.29, 1.82) is 0 Å². The van der Waals surface area contributed by atoms with Crippen molar-refractivity contribution in [2.24, 2.45) is 4.99 Å². The lowest BCUT2D eigenvalue weighted by molar-refractivity contribution is 0.180. The van der Waals surface area contributed by atoms with Gasteiger partial charge in [-0.1, -0.05) is 37.3 Å². The van der Waals surface area contributed by atoms with Gasteiger partial charge in [-0.2, -0.15) is 0 Å². The Morgan fingerprint density at radius 1 is 1.21 bits per heavy atom. The second-order valence-corrected chi connectivity index (χ2v) is 6.11. The third-order valence-corrected chi connectivity index (χ3v) is 3.91. The third-order valence-electron chi connectivity index (χ3n) is 3.91. The highest BCUT2D eigenvalue weighted by Gasteiger charge is 2.05. The van der Waals surface area contributed by atoms with Crippen LogP contribution in [0.4, 0.5) is 0 Å². The topological polar surface area (TPSA) is 48.9 Å². The van der Waals surface area contributed by atoms with Gasteiger partial charge in [0.1, 0.15) is 0 Å². The highest BCUT2D eigenvalue weighted by molar-refractivity contribution is 5.79. The van der Waals surface area contributed by atoms with Crippen LogP contribution in [0, 0.1) is 0 Å². The van der Waals surface area contributed by atoms with Crippen LogP contribution < -0.4 is 10.6 Å². The van der Waals surface area contributed by atoms with Crippen molar-refractivity contribution in [2.45, 2.75) is 26.2 Å². The summed E-state index contributed by atoms with van der Waals surface area (Å²) in [6.07, 6.45) is 1.07. The summed E-state index contributed by atoms with van der Waals surface area (Å²) >= 11 is 0. The number of benzene rings is 1. The molecule has 1 aromatic rings. The van der Waals surface area contributed by atoms with Crippen molar-refractivity contribution in [3.63, 3.8) is 0 Å². The van der Waals surface area contributed by atoms with E-state index in [0.717, 1.165) is 51.7 Å². The average molecular weight is 335 g/mol. The fourth-order valence-electron chi connectivity index (χ4n) is 2.41. The number of likely N-dealkylation sites (N-methyl/N-ethyl adjacent to an activating group) is 1. The molecule has 2 N–H and O–H groups in total. The molecule has 5 nitrogen and oxygen atoms in total. The maximum Gasteiger partial charge on any atom is 0.191 e. The van der Waals surface area contributed by atoms with Crippen LogP contribution in [0.3, 0.4) is 0 Å². The van der Waals surface area contributed by atoms with Gasteiger partial charge in [0.2, 0.25) is 0 Å². The summed E-state index contributed by atoms with van der Waals surface area (Å²) in [5.74, 6) is 1.31. The van der Waals surface area contributed by atoms with Crippen LogP contribution in [-0.4, -0.2) is 64.3 Å². The van der Waals surface area contributed by atoms with Crippen LogP contribution in [0.15, 0.2) is 35.3 Å².